The number of hydrogen-bond acceptors (Lipinski definition) is 5. The van der Waals surface area contributed by atoms with E-state index in [-0.39, 0.29) is 6.61 Å². The molecule has 1 aromatic carbocycles. The van der Waals surface area contributed by atoms with Gasteiger partial charge in [-0.05, 0) is 38.0 Å². The molecule has 2 aromatic heterocycles. The second-order valence-corrected chi connectivity index (χ2v) is 5.98. The van der Waals surface area contributed by atoms with Crippen LogP contribution in [0, 0.1) is 6.92 Å². The number of rotatable bonds is 5. The lowest BCUT2D eigenvalue weighted by Crippen LogP contribution is -2.12. The van der Waals surface area contributed by atoms with Crippen LogP contribution < -0.4 is 0 Å². The highest BCUT2D eigenvalue weighted by molar-refractivity contribution is 5.88. The molecule has 0 radical (unpaired) electrons. The van der Waals surface area contributed by atoms with Crippen molar-refractivity contribution in [3.05, 3.63) is 65.3 Å². The Morgan fingerprint density at radius 3 is 2.75 bits per heavy atom. The Morgan fingerprint density at radius 2 is 2.08 bits per heavy atom. The number of benzene rings is 1. The van der Waals surface area contributed by atoms with Gasteiger partial charge in [-0.25, -0.2) is 9.48 Å². The first-order valence-electron chi connectivity index (χ1n) is 7.95. The van der Waals surface area contributed by atoms with Gasteiger partial charge < -0.3 is 9.26 Å². The smallest absolute Gasteiger partial charge is 0.357 e. The molecule has 0 unspecified atom stereocenters. The van der Waals surface area contributed by atoms with Crippen LogP contribution in [0.5, 0.6) is 0 Å². The van der Waals surface area contributed by atoms with Crippen molar-refractivity contribution in [3.63, 3.8) is 0 Å². The van der Waals surface area contributed by atoms with Crippen LogP contribution >= 0.6 is 0 Å². The van der Waals surface area contributed by atoms with Gasteiger partial charge in [0.2, 0.25) is 0 Å². The van der Waals surface area contributed by atoms with Crippen molar-refractivity contribution in [2.45, 2.75) is 32.3 Å². The van der Waals surface area contributed by atoms with E-state index in [0.717, 1.165) is 24.2 Å². The normalized spacial score (nSPS) is 13.9. The standard InChI is InChI=1S/C18H17N3O3/c1-12-9-14(20-24-12)11-23-18(22)17-10-16(13-7-8-13)19-21(17)15-5-3-2-4-6-15/h2-6,9-10,13H,7-8,11H2,1H3. The van der Waals surface area contributed by atoms with Crippen LogP contribution in [0.3, 0.4) is 0 Å². The van der Waals surface area contributed by atoms with Crippen molar-refractivity contribution < 1.29 is 14.1 Å². The number of nitrogens with zero attached hydrogens (tertiary/aromatic N) is 3. The van der Waals surface area contributed by atoms with Crippen LogP contribution in [0.2, 0.25) is 0 Å². The molecule has 0 saturated heterocycles. The van der Waals surface area contributed by atoms with Crippen LogP contribution in [0.1, 0.15) is 46.4 Å². The molecule has 0 amide bonds. The zero-order valence-electron chi connectivity index (χ0n) is 13.3. The van der Waals surface area contributed by atoms with Crippen molar-refractivity contribution in [1.82, 2.24) is 14.9 Å². The fourth-order valence-corrected chi connectivity index (χ4v) is 2.59. The molecule has 6 heteroatoms. The topological polar surface area (TPSA) is 70.2 Å². The van der Waals surface area contributed by atoms with Crippen LogP contribution in [0.25, 0.3) is 5.69 Å². The Balaban J connectivity index is 1.59. The molecule has 0 atom stereocenters. The summed E-state index contributed by atoms with van der Waals surface area (Å²) >= 11 is 0. The molecule has 24 heavy (non-hydrogen) atoms. The van der Waals surface area contributed by atoms with Crippen molar-refractivity contribution in [2.75, 3.05) is 0 Å². The Bertz CT molecular complexity index is 863. The first-order chi connectivity index (χ1) is 11.7. The van der Waals surface area contributed by atoms with Crippen molar-refractivity contribution in [3.8, 4) is 5.69 Å². The minimum atomic E-state index is -0.418. The molecule has 1 saturated carbocycles. The van der Waals surface area contributed by atoms with Crippen molar-refractivity contribution in [2.24, 2.45) is 0 Å². The number of aromatic nitrogens is 3. The SMILES string of the molecule is Cc1cc(COC(=O)c2cc(C3CC3)nn2-c2ccccc2)no1. The lowest BCUT2D eigenvalue weighted by Gasteiger charge is -2.06. The summed E-state index contributed by atoms with van der Waals surface area (Å²) < 4.78 is 12.0. The van der Waals surface area contributed by atoms with Gasteiger partial charge in [-0.1, -0.05) is 23.4 Å². The summed E-state index contributed by atoms with van der Waals surface area (Å²) in [5, 5.41) is 8.44. The molecular formula is C18H17N3O3. The van der Waals surface area contributed by atoms with Crippen molar-refractivity contribution >= 4 is 5.97 Å². The molecule has 0 N–H and O–H groups in total. The van der Waals surface area contributed by atoms with Crippen LogP contribution in [0.4, 0.5) is 0 Å². The maximum atomic E-state index is 12.5. The molecule has 0 bridgehead atoms. The zero-order chi connectivity index (χ0) is 16.5. The van der Waals surface area contributed by atoms with Gasteiger partial charge in [0.1, 0.15) is 18.1 Å². The number of esters is 1. The fourth-order valence-electron chi connectivity index (χ4n) is 2.59. The van der Waals surface area contributed by atoms with Gasteiger partial charge in [0, 0.05) is 12.0 Å². The molecule has 1 aliphatic carbocycles. The Morgan fingerprint density at radius 1 is 1.29 bits per heavy atom. The van der Waals surface area contributed by atoms with Gasteiger partial charge in [0.15, 0.2) is 5.69 Å². The molecule has 3 aromatic rings. The van der Waals surface area contributed by atoms with Gasteiger partial charge in [-0.15, -0.1) is 0 Å². The summed E-state index contributed by atoms with van der Waals surface area (Å²) in [6, 6.07) is 13.2. The highest BCUT2D eigenvalue weighted by Crippen LogP contribution is 2.39. The van der Waals surface area contributed by atoms with E-state index < -0.39 is 5.97 Å². The lowest BCUT2D eigenvalue weighted by molar-refractivity contribution is 0.0453. The zero-order valence-corrected chi connectivity index (χ0v) is 13.3. The van der Waals surface area contributed by atoms with E-state index >= 15 is 0 Å². The van der Waals surface area contributed by atoms with E-state index in [1.165, 1.54) is 0 Å². The van der Waals surface area contributed by atoms with Gasteiger partial charge in [0.25, 0.3) is 0 Å². The van der Waals surface area contributed by atoms with E-state index in [1.807, 2.05) is 36.4 Å². The van der Waals surface area contributed by atoms with E-state index in [4.69, 9.17) is 9.26 Å². The molecule has 4 rings (SSSR count). The van der Waals surface area contributed by atoms with Gasteiger partial charge in [0.05, 0.1) is 11.4 Å². The summed E-state index contributed by atoms with van der Waals surface area (Å²) in [5.41, 5.74) is 2.81. The molecule has 0 spiro atoms. The Labute approximate surface area is 139 Å². The minimum absolute atomic E-state index is 0.0783. The summed E-state index contributed by atoms with van der Waals surface area (Å²) in [7, 11) is 0. The predicted octanol–water partition coefficient (Wildman–Crippen LogP) is 3.40. The van der Waals surface area contributed by atoms with Crippen molar-refractivity contribution in [1.29, 1.82) is 0 Å². The summed E-state index contributed by atoms with van der Waals surface area (Å²) in [6.45, 7) is 1.87. The molecule has 0 aliphatic heterocycles. The Kier molecular flexibility index (Phi) is 3.65. The van der Waals surface area contributed by atoms with Crippen LogP contribution in [-0.4, -0.2) is 20.9 Å². The number of carbonyl (C=O) groups excluding carboxylic acids is 1. The first kappa shape index (κ1) is 14.7. The number of carbonyl (C=O) groups is 1. The van der Waals surface area contributed by atoms with Crippen LogP contribution in [0.15, 0.2) is 47.0 Å². The second kappa shape index (κ2) is 5.96. The number of para-hydroxylation sites is 1. The van der Waals surface area contributed by atoms with Gasteiger partial charge in [-0.2, -0.15) is 5.10 Å². The fraction of sp³-hybridized carbons (Fsp3) is 0.278. The summed E-state index contributed by atoms with van der Waals surface area (Å²) in [5.74, 6) is 0.727. The maximum absolute atomic E-state index is 12.5. The average molecular weight is 323 g/mol. The largest absolute Gasteiger partial charge is 0.454 e. The third-order valence-corrected chi connectivity index (χ3v) is 3.96. The molecule has 122 valence electrons. The molecule has 1 aliphatic rings. The molecular weight excluding hydrogens is 306 g/mol. The van der Waals surface area contributed by atoms with E-state index in [1.54, 1.807) is 17.7 Å². The molecule has 2 heterocycles. The molecule has 6 nitrogen and oxygen atoms in total. The second-order valence-electron chi connectivity index (χ2n) is 5.98. The minimum Gasteiger partial charge on any atom is -0.454 e. The first-order valence-corrected chi connectivity index (χ1v) is 7.95. The monoisotopic (exact) mass is 323 g/mol. The third-order valence-electron chi connectivity index (χ3n) is 3.96. The quantitative estimate of drug-likeness (QED) is 0.673. The molecule has 1 fully saturated rings. The lowest BCUT2D eigenvalue weighted by atomic mass is 10.2. The number of hydrogen-bond donors (Lipinski definition) is 0. The predicted molar refractivity (Wildman–Crippen MR) is 85.9 cm³/mol. The summed E-state index contributed by atoms with van der Waals surface area (Å²) in [6.07, 6.45) is 2.25. The highest BCUT2D eigenvalue weighted by atomic mass is 16.5. The van der Waals surface area contributed by atoms with E-state index in [9.17, 15) is 4.79 Å². The van der Waals surface area contributed by atoms with E-state index in [0.29, 0.717) is 23.1 Å². The van der Waals surface area contributed by atoms with Gasteiger partial charge in [-0.3, -0.25) is 0 Å². The van der Waals surface area contributed by atoms with E-state index in [2.05, 4.69) is 10.3 Å². The highest BCUT2D eigenvalue weighted by Gasteiger charge is 2.29. The number of ether oxygens (including phenoxy) is 1. The summed E-state index contributed by atoms with van der Waals surface area (Å²) in [4.78, 5) is 12.5. The Hall–Kier alpha value is -2.89. The van der Waals surface area contributed by atoms with Gasteiger partial charge >= 0.3 is 5.97 Å². The van der Waals surface area contributed by atoms with Crippen LogP contribution in [-0.2, 0) is 11.3 Å². The number of aryl methyl sites for hydroxylation is 1. The maximum Gasteiger partial charge on any atom is 0.357 e. The third kappa shape index (κ3) is 2.95. The average Bonchev–Trinajstić information content (AvgIpc) is 3.22.